The Balaban J connectivity index is 2.12. The highest BCUT2D eigenvalue weighted by molar-refractivity contribution is 5.76. The molecule has 0 saturated heterocycles. The average Bonchev–Trinajstić information content (AvgIpc) is 2.62. The number of carbonyl (C=O) groups excluding carboxylic acids is 1. The maximum absolute atomic E-state index is 11.1. The standard InChI is InChI=1S/C9H12O2/c1-11-9(10)8-5-6-2-3-7(8)4-6/h3,6,8H,2,4-5H2,1H3. The van der Waals surface area contributed by atoms with Crippen LogP contribution in [0.1, 0.15) is 19.3 Å². The molecule has 2 unspecified atom stereocenters. The topological polar surface area (TPSA) is 26.3 Å². The number of hydrogen-bond donors (Lipinski definition) is 0. The molecule has 0 N–H and O–H groups in total. The van der Waals surface area contributed by atoms with Gasteiger partial charge >= 0.3 is 5.97 Å². The molecule has 0 aromatic carbocycles. The molecular formula is C9H12O2. The summed E-state index contributed by atoms with van der Waals surface area (Å²) in [6, 6.07) is 0. The summed E-state index contributed by atoms with van der Waals surface area (Å²) in [5, 5.41) is 0. The Morgan fingerprint density at radius 3 is 3.00 bits per heavy atom. The molecule has 1 saturated carbocycles. The molecule has 2 bridgehead atoms. The van der Waals surface area contributed by atoms with Gasteiger partial charge in [0, 0.05) is 0 Å². The summed E-state index contributed by atoms with van der Waals surface area (Å²) in [5.41, 5.74) is 1.32. The van der Waals surface area contributed by atoms with E-state index in [1.165, 1.54) is 19.1 Å². The molecule has 0 aromatic rings. The fourth-order valence-electron chi connectivity index (χ4n) is 2.16. The summed E-state index contributed by atoms with van der Waals surface area (Å²) in [6.45, 7) is 0. The quantitative estimate of drug-likeness (QED) is 0.420. The van der Waals surface area contributed by atoms with Gasteiger partial charge in [-0.1, -0.05) is 11.6 Å². The van der Waals surface area contributed by atoms with Crippen LogP contribution < -0.4 is 0 Å². The first-order chi connectivity index (χ1) is 5.31. The Kier molecular flexibility index (Phi) is 1.48. The lowest BCUT2D eigenvalue weighted by Crippen LogP contribution is -2.16. The maximum Gasteiger partial charge on any atom is 0.312 e. The van der Waals surface area contributed by atoms with E-state index in [9.17, 15) is 4.79 Å². The monoisotopic (exact) mass is 152 g/mol. The highest BCUT2D eigenvalue weighted by Crippen LogP contribution is 2.44. The fourth-order valence-corrected chi connectivity index (χ4v) is 2.16. The van der Waals surface area contributed by atoms with E-state index in [0.29, 0.717) is 0 Å². The smallest absolute Gasteiger partial charge is 0.312 e. The van der Waals surface area contributed by atoms with Gasteiger partial charge in [0.1, 0.15) is 0 Å². The largest absolute Gasteiger partial charge is 0.469 e. The minimum absolute atomic E-state index is 0.0431. The first kappa shape index (κ1) is 6.89. The van der Waals surface area contributed by atoms with E-state index in [0.717, 1.165) is 18.8 Å². The minimum Gasteiger partial charge on any atom is -0.469 e. The van der Waals surface area contributed by atoms with Crippen LogP contribution in [0.15, 0.2) is 11.6 Å². The molecule has 2 heteroatoms. The lowest BCUT2D eigenvalue weighted by Gasteiger charge is -2.12. The number of allylic oxidation sites excluding steroid dienone is 1. The fraction of sp³-hybridized carbons (Fsp3) is 0.667. The molecule has 0 heterocycles. The average molecular weight is 152 g/mol. The van der Waals surface area contributed by atoms with E-state index >= 15 is 0 Å². The molecule has 0 spiro atoms. The zero-order chi connectivity index (χ0) is 7.84. The Morgan fingerprint density at radius 2 is 2.55 bits per heavy atom. The number of methoxy groups -OCH3 is 1. The van der Waals surface area contributed by atoms with Crippen LogP contribution in [0.4, 0.5) is 0 Å². The van der Waals surface area contributed by atoms with Gasteiger partial charge in [-0.15, -0.1) is 0 Å². The van der Waals surface area contributed by atoms with Crippen molar-refractivity contribution in [3.05, 3.63) is 11.6 Å². The van der Waals surface area contributed by atoms with E-state index < -0.39 is 0 Å². The van der Waals surface area contributed by atoms with E-state index in [-0.39, 0.29) is 11.9 Å². The zero-order valence-corrected chi connectivity index (χ0v) is 6.67. The molecule has 0 aliphatic heterocycles. The van der Waals surface area contributed by atoms with Gasteiger partial charge in [0.15, 0.2) is 0 Å². The molecule has 2 aliphatic carbocycles. The second kappa shape index (κ2) is 2.36. The number of fused-ring (bicyclic) bond motifs is 2. The maximum atomic E-state index is 11.1. The molecule has 0 aromatic heterocycles. The van der Waals surface area contributed by atoms with Gasteiger partial charge < -0.3 is 4.74 Å². The third kappa shape index (κ3) is 0.971. The molecule has 0 radical (unpaired) electrons. The van der Waals surface area contributed by atoms with Crippen LogP contribution in [0, 0.1) is 11.8 Å². The van der Waals surface area contributed by atoms with Crippen molar-refractivity contribution in [1.29, 1.82) is 0 Å². The second-order valence-electron chi connectivity index (χ2n) is 3.40. The van der Waals surface area contributed by atoms with Crippen LogP contribution in [0.5, 0.6) is 0 Å². The highest BCUT2D eigenvalue weighted by Gasteiger charge is 2.37. The van der Waals surface area contributed by atoms with Crippen molar-refractivity contribution in [2.45, 2.75) is 19.3 Å². The number of rotatable bonds is 1. The zero-order valence-electron chi connectivity index (χ0n) is 6.67. The molecule has 11 heavy (non-hydrogen) atoms. The first-order valence-corrected chi connectivity index (χ1v) is 4.08. The molecule has 2 nitrogen and oxygen atoms in total. The number of carbonyl (C=O) groups is 1. The summed E-state index contributed by atoms with van der Waals surface area (Å²) in [6.07, 6.45) is 5.55. The molecule has 60 valence electrons. The molecule has 2 rings (SSSR count). The lowest BCUT2D eigenvalue weighted by molar-refractivity contribution is -0.144. The van der Waals surface area contributed by atoms with Crippen LogP contribution in [0.3, 0.4) is 0 Å². The molecule has 2 atom stereocenters. The Bertz CT molecular complexity index is 218. The Hall–Kier alpha value is -0.790. The van der Waals surface area contributed by atoms with Gasteiger partial charge in [-0.2, -0.15) is 0 Å². The predicted molar refractivity (Wildman–Crippen MR) is 40.9 cm³/mol. The van der Waals surface area contributed by atoms with Gasteiger partial charge in [-0.3, -0.25) is 4.79 Å². The summed E-state index contributed by atoms with van der Waals surface area (Å²) >= 11 is 0. The Morgan fingerprint density at radius 1 is 1.73 bits per heavy atom. The number of hydrogen-bond acceptors (Lipinski definition) is 2. The predicted octanol–water partition coefficient (Wildman–Crippen LogP) is 1.52. The number of esters is 1. The van der Waals surface area contributed by atoms with Crippen molar-refractivity contribution in [3.8, 4) is 0 Å². The summed E-state index contributed by atoms with van der Waals surface area (Å²) in [4.78, 5) is 11.1. The third-order valence-electron chi connectivity index (χ3n) is 2.74. The van der Waals surface area contributed by atoms with Crippen molar-refractivity contribution >= 4 is 5.97 Å². The molecular weight excluding hydrogens is 140 g/mol. The molecule has 2 aliphatic rings. The number of ether oxygens (including phenoxy) is 1. The van der Waals surface area contributed by atoms with Crippen molar-refractivity contribution in [2.75, 3.05) is 7.11 Å². The minimum atomic E-state index is -0.0431. The molecule has 0 amide bonds. The summed E-state index contributed by atoms with van der Waals surface area (Å²) in [5.74, 6) is 0.811. The van der Waals surface area contributed by atoms with Crippen LogP contribution >= 0.6 is 0 Å². The van der Waals surface area contributed by atoms with Crippen molar-refractivity contribution in [1.82, 2.24) is 0 Å². The van der Waals surface area contributed by atoms with E-state index in [1.54, 1.807) is 0 Å². The van der Waals surface area contributed by atoms with E-state index in [1.807, 2.05) is 0 Å². The van der Waals surface area contributed by atoms with Crippen LogP contribution in [0.25, 0.3) is 0 Å². The van der Waals surface area contributed by atoms with Gasteiger partial charge in [-0.25, -0.2) is 0 Å². The SMILES string of the molecule is COC(=O)C1CC2CC=C1C2. The third-order valence-corrected chi connectivity index (χ3v) is 2.74. The second-order valence-corrected chi connectivity index (χ2v) is 3.40. The van der Waals surface area contributed by atoms with Gasteiger partial charge in [0.05, 0.1) is 13.0 Å². The van der Waals surface area contributed by atoms with Crippen molar-refractivity contribution in [2.24, 2.45) is 11.8 Å². The van der Waals surface area contributed by atoms with Crippen LogP contribution in [-0.2, 0) is 9.53 Å². The normalized spacial score (nSPS) is 33.7. The van der Waals surface area contributed by atoms with Crippen molar-refractivity contribution < 1.29 is 9.53 Å². The summed E-state index contributed by atoms with van der Waals surface area (Å²) in [7, 11) is 1.47. The van der Waals surface area contributed by atoms with Gasteiger partial charge in [0.25, 0.3) is 0 Å². The molecule has 1 fully saturated rings. The Labute approximate surface area is 66.2 Å². The first-order valence-electron chi connectivity index (χ1n) is 4.08. The van der Waals surface area contributed by atoms with Crippen molar-refractivity contribution in [3.63, 3.8) is 0 Å². The van der Waals surface area contributed by atoms with Crippen LogP contribution in [-0.4, -0.2) is 13.1 Å². The van der Waals surface area contributed by atoms with E-state index in [4.69, 9.17) is 4.74 Å². The summed E-state index contributed by atoms with van der Waals surface area (Å²) < 4.78 is 4.71. The van der Waals surface area contributed by atoms with Crippen LogP contribution in [0.2, 0.25) is 0 Å². The lowest BCUT2D eigenvalue weighted by atomic mass is 9.96. The highest BCUT2D eigenvalue weighted by atomic mass is 16.5. The van der Waals surface area contributed by atoms with E-state index in [2.05, 4.69) is 6.08 Å². The van der Waals surface area contributed by atoms with Gasteiger partial charge in [-0.05, 0) is 25.2 Å². The van der Waals surface area contributed by atoms with Gasteiger partial charge in [0.2, 0.25) is 0 Å².